The third-order valence-electron chi connectivity index (χ3n) is 2.13. The van der Waals surface area contributed by atoms with E-state index in [1.807, 2.05) is 6.07 Å². The van der Waals surface area contributed by atoms with Crippen molar-refractivity contribution in [3.05, 3.63) is 34.9 Å². The Hall–Kier alpha value is -1.55. The van der Waals surface area contributed by atoms with Crippen LogP contribution in [0.3, 0.4) is 0 Å². The number of oxime groups is 1. The molecular weight excluding hydrogens is 218 g/mol. The van der Waals surface area contributed by atoms with Crippen molar-refractivity contribution in [2.24, 2.45) is 5.16 Å². The number of nitrogens with zero attached hydrogens (tertiary/aromatic N) is 1. The Kier molecular flexibility index (Phi) is 2.60. The molecule has 0 fully saturated rings. The molecule has 15 heavy (non-hydrogen) atoms. The summed E-state index contributed by atoms with van der Waals surface area (Å²) >= 11 is 5.95. The van der Waals surface area contributed by atoms with Gasteiger partial charge in [-0.2, -0.15) is 0 Å². The van der Waals surface area contributed by atoms with E-state index in [2.05, 4.69) is 5.16 Å². The third-order valence-corrected chi connectivity index (χ3v) is 2.46. The molecule has 1 aromatic rings. The molecule has 4 nitrogen and oxygen atoms in total. The predicted molar refractivity (Wildman–Crippen MR) is 55.1 cm³/mol. The number of carboxylic acids is 1. The monoisotopic (exact) mass is 225 g/mol. The molecular formula is C10H8ClNO3. The van der Waals surface area contributed by atoms with E-state index < -0.39 is 12.1 Å². The molecule has 78 valence electrons. The van der Waals surface area contributed by atoms with E-state index in [4.69, 9.17) is 21.5 Å². The molecule has 0 saturated carbocycles. The fourth-order valence-electron chi connectivity index (χ4n) is 1.36. The van der Waals surface area contributed by atoms with E-state index in [9.17, 15) is 4.79 Å². The summed E-state index contributed by atoms with van der Waals surface area (Å²) in [6.07, 6.45) is -0.643. The maximum atomic E-state index is 10.6. The molecule has 1 aliphatic heterocycles. The Morgan fingerprint density at radius 3 is 2.87 bits per heavy atom. The molecule has 5 heteroatoms. The lowest BCUT2D eigenvalue weighted by Gasteiger charge is -2.01. The van der Waals surface area contributed by atoms with Crippen molar-refractivity contribution in [2.45, 2.75) is 12.5 Å². The summed E-state index contributed by atoms with van der Waals surface area (Å²) in [5.74, 6) is -1.01. The van der Waals surface area contributed by atoms with Crippen molar-refractivity contribution < 1.29 is 14.7 Å². The van der Waals surface area contributed by atoms with Gasteiger partial charge in [-0.05, 0) is 6.07 Å². The van der Waals surface area contributed by atoms with Crippen LogP contribution in [0.4, 0.5) is 0 Å². The topological polar surface area (TPSA) is 58.9 Å². The van der Waals surface area contributed by atoms with E-state index in [0.29, 0.717) is 10.7 Å². The Balaban J connectivity index is 2.21. The molecule has 0 aliphatic carbocycles. The van der Waals surface area contributed by atoms with Gasteiger partial charge >= 0.3 is 5.97 Å². The first-order chi connectivity index (χ1) is 7.18. The number of carboxylic acid groups (broad SMARTS) is 1. The summed E-state index contributed by atoms with van der Waals surface area (Å²) in [6.45, 7) is 0. The molecule has 1 aromatic carbocycles. The van der Waals surface area contributed by atoms with Crippen molar-refractivity contribution in [3.8, 4) is 0 Å². The van der Waals surface area contributed by atoms with Gasteiger partial charge in [0.2, 0.25) is 6.10 Å². The highest BCUT2D eigenvalue weighted by molar-refractivity contribution is 6.34. The number of rotatable bonds is 2. The lowest BCUT2D eigenvalue weighted by molar-refractivity contribution is -0.148. The van der Waals surface area contributed by atoms with Gasteiger partial charge < -0.3 is 9.94 Å². The molecule has 2 rings (SSSR count). The van der Waals surface area contributed by atoms with Crippen LogP contribution in [0.5, 0.6) is 0 Å². The molecule has 1 aliphatic rings. The predicted octanol–water partition coefficient (Wildman–Crippen LogP) is 1.92. The van der Waals surface area contributed by atoms with Gasteiger partial charge in [-0.1, -0.05) is 35.0 Å². The molecule has 0 bridgehead atoms. The van der Waals surface area contributed by atoms with E-state index >= 15 is 0 Å². The van der Waals surface area contributed by atoms with Gasteiger partial charge in [0, 0.05) is 17.0 Å². The van der Waals surface area contributed by atoms with Gasteiger partial charge in [-0.3, -0.25) is 0 Å². The van der Waals surface area contributed by atoms with Crippen molar-refractivity contribution in [1.82, 2.24) is 0 Å². The largest absolute Gasteiger partial charge is 0.478 e. The number of benzene rings is 1. The number of carbonyl (C=O) groups is 1. The van der Waals surface area contributed by atoms with Crippen LogP contribution in [0.2, 0.25) is 5.02 Å². The molecule has 0 unspecified atom stereocenters. The number of hydrogen-bond acceptors (Lipinski definition) is 3. The van der Waals surface area contributed by atoms with Crippen molar-refractivity contribution in [2.75, 3.05) is 0 Å². The molecule has 0 saturated heterocycles. The average Bonchev–Trinajstić information content (AvgIpc) is 2.67. The van der Waals surface area contributed by atoms with Gasteiger partial charge in [0.1, 0.15) is 0 Å². The molecule has 0 radical (unpaired) electrons. The van der Waals surface area contributed by atoms with Gasteiger partial charge in [0.25, 0.3) is 0 Å². The van der Waals surface area contributed by atoms with Crippen LogP contribution in [-0.4, -0.2) is 22.9 Å². The third kappa shape index (κ3) is 1.94. The highest BCUT2D eigenvalue weighted by Crippen LogP contribution is 2.22. The van der Waals surface area contributed by atoms with E-state index in [1.165, 1.54) is 0 Å². The van der Waals surface area contributed by atoms with Gasteiger partial charge in [-0.25, -0.2) is 4.79 Å². The summed E-state index contributed by atoms with van der Waals surface area (Å²) in [7, 11) is 0. The smallest absolute Gasteiger partial charge is 0.348 e. The Labute approximate surface area is 91.1 Å². The van der Waals surface area contributed by atoms with Gasteiger partial charge in [0.15, 0.2) is 0 Å². The molecule has 0 aromatic heterocycles. The zero-order chi connectivity index (χ0) is 10.8. The molecule has 0 spiro atoms. The minimum absolute atomic E-state index is 0.249. The maximum Gasteiger partial charge on any atom is 0.348 e. The summed E-state index contributed by atoms with van der Waals surface area (Å²) < 4.78 is 0. The number of hydrogen-bond donors (Lipinski definition) is 1. The van der Waals surface area contributed by atoms with Crippen LogP contribution < -0.4 is 0 Å². The second kappa shape index (κ2) is 3.90. The Morgan fingerprint density at radius 2 is 2.27 bits per heavy atom. The van der Waals surface area contributed by atoms with Crippen LogP contribution in [0, 0.1) is 0 Å². The average molecular weight is 226 g/mol. The van der Waals surface area contributed by atoms with Crippen molar-refractivity contribution >= 4 is 23.3 Å². The van der Waals surface area contributed by atoms with E-state index in [-0.39, 0.29) is 6.42 Å². The SMILES string of the molecule is O=C(O)[C@@H]1CC(c2ccccc2Cl)=NO1. The van der Waals surface area contributed by atoms with Gasteiger partial charge in [-0.15, -0.1) is 0 Å². The minimum Gasteiger partial charge on any atom is -0.478 e. The van der Waals surface area contributed by atoms with Crippen LogP contribution in [0.25, 0.3) is 0 Å². The van der Waals surface area contributed by atoms with E-state index in [0.717, 1.165) is 5.56 Å². The van der Waals surface area contributed by atoms with Crippen molar-refractivity contribution in [3.63, 3.8) is 0 Å². The second-order valence-electron chi connectivity index (χ2n) is 3.15. The van der Waals surface area contributed by atoms with Crippen LogP contribution >= 0.6 is 11.6 Å². The minimum atomic E-state index is -1.01. The zero-order valence-electron chi connectivity index (χ0n) is 7.68. The summed E-state index contributed by atoms with van der Waals surface area (Å²) in [4.78, 5) is 15.4. The maximum absolute atomic E-state index is 10.6. The van der Waals surface area contributed by atoms with Crippen LogP contribution in [-0.2, 0) is 9.63 Å². The quantitative estimate of drug-likeness (QED) is 0.837. The number of aliphatic carboxylic acids is 1. The summed E-state index contributed by atoms with van der Waals surface area (Å²) in [5, 5.41) is 13.0. The highest BCUT2D eigenvalue weighted by Gasteiger charge is 2.28. The molecule has 1 atom stereocenters. The second-order valence-corrected chi connectivity index (χ2v) is 3.56. The van der Waals surface area contributed by atoms with Crippen LogP contribution in [0.1, 0.15) is 12.0 Å². The Morgan fingerprint density at radius 1 is 1.53 bits per heavy atom. The fourth-order valence-corrected chi connectivity index (χ4v) is 1.61. The van der Waals surface area contributed by atoms with Gasteiger partial charge in [0.05, 0.1) is 5.71 Å². The first-order valence-electron chi connectivity index (χ1n) is 4.39. The highest BCUT2D eigenvalue weighted by atomic mass is 35.5. The van der Waals surface area contributed by atoms with Crippen molar-refractivity contribution in [1.29, 1.82) is 0 Å². The zero-order valence-corrected chi connectivity index (χ0v) is 8.44. The lowest BCUT2D eigenvalue weighted by atomic mass is 10.1. The normalized spacial score (nSPS) is 19.5. The molecule has 1 heterocycles. The first-order valence-corrected chi connectivity index (χ1v) is 4.76. The molecule has 0 amide bonds. The first kappa shape index (κ1) is 9.98. The van der Waals surface area contributed by atoms with Crippen LogP contribution in [0.15, 0.2) is 29.4 Å². The number of halogens is 1. The summed E-state index contributed by atoms with van der Waals surface area (Å²) in [6, 6.07) is 7.14. The summed E-state index contributed by atoms with van der Waals surface area (Å²) in [5.41, 5.74) is 1.30. The lowest BCUT2D eigenvalue weighted by Crippen LogP contribution is -2.19. The fraction of sp³-hybridized carbons (Fsp3) is 0.200. The Bertz CT molecular complexity index is 430. The van der Waals surface area contributed by atoms with E-state index in [1.54, 1.807) is 18.2 Å². The molecule has 1 N–H and O–H groups in total. The standard InChI is InChI=1S/C10H8ClNO3/c11-7-4-2-1-3-6(7)8-5-9(10(13)14)15-12-8/h1-4,9H,5H2,(H,13,14)/t9-/m0/s1.